The highest BCUT2D eigenvalue weighted by molar-refractivity contribution is 9.10. The third-order valence-corrected chi connectivity index (χ3v) is 6.04. The molecule has 1 saturated heterocycles. The van der Waals surface area contributed by atoms with Crippen molar-refractivity contribution >= 4 is 33.2 Å². The van der Waals surface area contributed by atoms with Crippen LogP contribution in [0.15, 0.2) is 64.5 Å². The Balaban J connectivity index is 1.33. The average molecular weight is 442 g/mol. The molecule has 1 aromatic heterocycles. The van der Waals surface area contributed by atoms with Crippen LogP contribution in [0.3, 0.4) is 0 Å². The first kappa shape index (κ1) is 18.3. The molecule has 2 heterocycles. The summed E-state index contributed by atoms with van der Waals surface area (Å²) >= 11 is 5.14. The Bertz CT molecular complexity index is 920. The largest absolute Gasteiger partial charge is 0.336 e. The van der Waals surface area contributed by atoms with Gasteiger partial charge in [-0.1, -0.05) is 52.3 Å². The van der Waals surface area contributed by atoms with Crippen LogP contribution in [0.4, 0.5) is 0 Å². The van der Waals surface area contributed by atoms with Crippen molar-refractivity contribution in [3.8, 4) is 11.3 Å². The lowest BCUT2D eigenvalue weighted by atomic mass is 10.2. The van der Waals surface area contributed by atoms with Gasteiger partial charge in [-0.25, -0.2) is 4.98 Å². The number of piperazine rings is 1. The van der Waals surface area contributed by atoms with Crippen LogP contribution in [-0.4, -0.2) is 46.9 Å². The molecule has 0 unspecified atom stereocenters. The highest BCUT2D eigenvalue weighted by Gasteiger charge is 2.22. The smallest absolute Gasteiger partial charge is 0.253 e. The molecule has 0 bridgehead atoms. The summed E-state index contributed by atoms with van der Waals surface area (Å²) in [6.07, 6.45) is 0. The molecule has 3 aromatic rings. The molecule has 2 aromatic carbocycles. The standard InChI is InChI=1S/C21H20BrN3OS/c22-18-8-4-7-17(13-18)21(26)25-11-9-24(10-12-25)14-20-23-19(15-27-20)16-5-2-1-3-6-16/h1-8,13,15H,9-12,14H2. The molecule has 6 heteroatoms. The zero-order chi connectivity index (χ0) is 18.6. The van der Waals surface area contributed by atoms with Gasteiger partial charge in [0, 0.05) is 47.2 Å². The van der Waals surface area contributed by atoms with Crippen LogP contribution in [-0.2, 0) is 6.54 Å². The Hall–Kier alpha value is -2.02. The van der Waals surface area contributed by atoms with E-state index in [1.807, 2.05) is 47.4 Å². The summed E-state index contributed by atoms with van der Waals surface area (Å²) in [7, 11) is 0. The lowest BCUT2D eigenvalue weighted by Gasteiger charge is -2.34. The number of thiazole rings is 1. The molecule has 0 aliphatic carbocycles. The van der Waals surface area contributed by atoms with Gasteiger partial charge >= 0.3 is 0 Å². The fourth-order valence-electron chi connectivity index (χ4n) is 3.23. The van der Waals surface area contributed by atoms with E-state index >= 15 is 0 Å². The van der Waals surface area contributed by atoms with Crippen LogP contribution in [0.25, 0.3) is 11.3 Å². The van der Waals surface area contributed by atoms with Gasteiger partial charge in [0.1, 0.15) is 5.01 Å². The van der Waals surface area contributed by atoms with E-state index in [0.717, 1.165) is 59.0 Å². The number of hydrogen-bond donors (Lipinski definition) is 0. The summed E-state index contributed by atoms with van der Waals surface area (Å²) in [6, 6.07) is 17.9. The summed E-state index contributed by atoms with van der Waals surface area (Å²) in [5.41, 5.74) is 2.94. The van der Waals surface area contributed by atoms with Crippen molar-refractivity contribution in [1.82, 2.24) is 14.8 Å². The first-order chi connectivity index (χ1) is 13.2. The zero-order valence-corrected chi connectivity index (χ0v) is 17.2. The van der Waals surface area contributed by atoms with Gasteiger partial charge < -0.3 is 4.90 Å². The second-order valence-electron chi connectivity index (χ2n) is 6.57. The van der Waals surface area contributed by atoms with E-state index in [1.54, 1.807) is 11.3 Å². The highest BCUT2D eigenvalue weighted by Crippen LogP contribution is 2.23. The van der Waals surface area contributed by atoms with Crippen LogP contribution in [0, 0.1) is 0 Å². The predicted molar refractivity (Wildman–Crippen MR) is 113 cm³/mol. The quantitative estimate of drug-likeness (QED) is 0.596. The topological polar surface area (TPSA) is 36.4 Å². The Morgan fingerprint density at radius 1 is 1.04 bits per heavy atom. The van der Waals surface area contributed by atoms with Crippen molar-refractivity contribution in [3.63, 3.8) is 0 Å². The number of nitrogens with zero attached hydrogens (tertiary/aromatic N) is 3. The van der Waals surface area contributed by atoms with Gasteiger partial charge in [-0.2, -0.15) is 0 Å². The Morgan fingerprint density at radius 3 is 2.56 bits per heavy atom. The SMILES string of the molecule is O=C(c1cccc(Br)c1)N1CCN(Cc2nc(-c3ccccc3)cs2)CC1. The maximum absolute atomic E-state index is 12.7. The van der Waals surface area contributed by atoms with Gasteiger partial charge in [0.05, 0.1) is 12.2 Å². The van der Waals surface area contributed by atoms with Crippen molar-refractivity contribution < 1.29 is 4.79 Å². The van der Waals surface area contributed by atoms with Crippen LogP contribution < -0.4 is 0 Å². The minimum absolute atomic E-state index is 0.108. The summed E-state index contributed by atoms with van der Waals surface area (Å²) < 4.78 is 0.935. The fraction of sp³-hybridized carbons (Fsp3) is 0.238. The Labute approximate surface area is 171 Å². The van der Waals surface area contributed by atoms with E-state index in [4.69, 9.17) is 4.98 Å². The molecule has 1 amide bonds. The molecule has 0 N–H and O–H groups in total. The number of aromatic nitrogens is 1. The summed E-state index contributed by atoms with van der Waals surface area (Å²) in [5, 5.41) is 3.25. The van der Waals surface area contributed by atoms with Crippen molar-refractivity contribution in [1.29, 1.82) is 0 Å². The third-order valence-electron chi connectivity index (χ3n) is 4.71. The lowest BCUT2D eigenvalue weighted by molar-refractivity contribution is 0.0628. The molecule has 1 fully saturated rings. The normalized spacial score (nSPS) is 15.1. The molecule has 138 valence electrons. The van der Waals surface area contributed by atoms with Crippen molar-refractivity contribution in [2.45, 2.75) is 6.54 Å². The van der Waals surface area contributed by atoms with Gasteiger partial charge in [-0.3, -0.25) is 9.69 Å². The van der Waals surface area contributed by atoms with Gasteiger partial charge in [-0.15, -0.1) is 11.3 Å². The molecule has 0 atom stereocenters. The Morgan fingerprint density at radius 2 is 1.81 bits per heavy atom. The van der Waals surface area contributed by atoms with Gasteiger partial charge in [0.15, 0.2) is 0 Å². The second kappa shape index (κ2) is 8.33. The number of carbonyl (C=O) groups is 1. The zero-order valence-electron chi connectivity index (χ0n) is 14.8. The first-order valence-corrected chi connectivity index (χ1v) is 10.6. The van der Waals surface area contributed by atoms with Gasteiger partial charge in [0.2, 0.25) is 0 Å². The molecule has 4 nitrogen and oxygen atoms in total. The van der Waals surface area contributed by atoms with E-state index < -0.39 is 0 Å². The van der Waals surface area contributed by atoms with Crippen LogP contribution in [0.5, 0.6) is 0 Å². The van der Waals surface area contributed by atoms with Crippen LogP contribution in [0.1, 0.15) is 15.4 Å². The average Bonchev–Trinajstić information content (AvgIpc) is 3.17. The summed E-state index contributed by atoms with van der Waals surface area (Å²) in [4.78, 5) is 21.7. The number of hydrogen-bond acceptors (Lipinski definition) is 4. The molecular weight excluding hydrogens is 422 g/mol. The van der Waals surface area contributed by atoms with E-state index in [-0.39, 0.29) is 5.91 Å². The second-order valence-corrected chi connectivity index (χ2v) is 8.43. The first-order valence-electron chi connectivity index (χ1n) is 8.96. The number of halogens is 1. The molecule has 0 saturated carbocycles. The monoisotopic (exact) mass is 441 g/mol. The Kier molecular flexibility index (Phi) is 5.66. The predicted octanol–water partition coefficient (Wildman–Crippen LogP) is 4.53. The van der Waals surface area contributed by atoms with Crippen LogP contribution >= 0.6 is 27.3 Å². The number of carbonyl (C=O) groups excluding carboxylic acids is 1. The molecular formula is C21H20BrN3OS. The number of rotatable bonds is 4. The summed E-state index contributed by atoms with van der Waals surface area (Å²) in [6.45, 7) is 4.10. The molecule has 1 aliphatic heterocycles. The number of amides is 1. The van der Waals surface area contributed by atoms with E-state index in [9.17, 15) is 4.79 Å². The lowest BCUT2D eigenvalue weighted by Crippen LogP contribution is -2.48. The minimum atomic E-state index is 0.108. The van der Waals surface area contributed by atoms with E-state index in [1.165, 1.54) is 0 Å². The molecule has 27 heavy (non-hydrogen) atoms. The summed E-state index contributed by atoms with van der Waals surface area (Å²) in [5.74, 6) is 0.108. The third kappa shape index (κ3) is 4.46. The van der Waals surface area contributed by atoms with Crippen LogP contribution in [0.2, 0.25) is 0 Å². The van der Waals surface area contributed by atoms with Crippen molar-refractivity contribution in [2.75, 3.05) is 26.2 Å². The van der Waals surface area contributed by atoms with Crippen molar-refractivity contribution in [2.24, 2.45) is 0 Å². The highest BCUT2D eigenvalue weighted by atomic mass is 79.9. The molecule has 4 rings (SSSR count). The van der Waals surface area contributed by atoms with Gasteiger partial charge in [-0.05, 0) is 18.2 Å². The van der Waals surface area contributed by atoms with E-state index in [0.29, 0.717) is 0 Å². The van der Waals surface area contributed by atoms with Gasteiger partial charge in [0.25, 0.3) is 5.91 Å². The maximum atomic E-state index is 12.7. The molecule has 0 spiro atoms. The molecule has 1 aliphatic rings. The fourth-order valence-corrected chi connectivity index (χ4v) is 4.47. The minimum Gasteiger partial charge on any atom is -0.336 e. The number of benzene rings is 2. The van der Waals surface area contributed by atoms with Crippen molar-refractivity contribution in [3.05, 3.63) is 75.0 Å². The maximum Gasteiger partial charge on any atom is 0.253 e. The van der Waals surface area contributed by atoms with E-state index in [2.05, 4.69) is 38.3 Å². The molecule has 0 radical (unpaired) electrons.